The van der Waals surface area contributed by atoms with E-state index in [0.717, 1.165) is 90.2 Å². The number of para-hydroxylation sites is 5. The molecule has 0 bridgehead atoms. The van der Waals surface area contributed by atoms with E-state index in [2.05, 4.69) is 525 Å². The van der Waals surface area contributed by atoms with Crippen LogP contribution in [-0.2, 0) is 0 Å². The summed E-state index contributed by atoms with van der Waals surface area (Å²) >= 11 is 1.87. The molecule has 0 fully saturated rings. The molecule has 648 valence electrons. The molecule has 0 amide bonds. The zero-order chi connectivity index (χ0) is 91.0. The number of furan rings is 1. The summed E-state index contributed by atoms with van der Waals surface area (Å²) < 4.78 is 24.2. The fourth-order valence-corrected chi connectivity index (χ4v) is 50.0. The topological polar surface area (TPSA) is 38.1 Å². The fourth-order valence-electron chi connectivity index (χ4n) is 24.2. The van der Waals surface area contributed by atoms with Gasteiger partial charge in [0.15, 0.2) is 43.8 Å². The van der Waals surface area contributed by atoms with Gasteiger partial charge in [-0.1, -0.05) is 443 Å². The number of hydrogen-bond acceptors (Lipinski definition) is 6. The summed E-state index contributed by atoms with van der Waals surface area (Å²) in [6, 6.07) is 194. The van der Waals surface area contributed by atoms with E-state index in [-0.39, 0.29) is 0 Å². The summed E-state index contributed by atoms with van der Waals surface area (Å²) in [5, 5.41) is 31.7. The molecule has 10 heteroatoms. The van der Waals surface area contributed by atoms with Crippen molar-refractivity contribution < 1.29 is 13.9 Å². The standard InChI is InChI=1S/C66H45NO2Si2.C62H41NOSSi2/c1-4-20-46(21-5-1)47-38-40-48(41-39-47)49-42-44-50(45-43-49)67(54-27-18-31-58-65(54)53-26-10-11-29-56(53)68-58)55-28-19-37-64-66(55)69-57-30-12-13-32-59(57)71(64)62-35-16-14-33-60(62)70(51-22-6-2-7-23-51,52-24-8-3-9-25-52)61-34-15-17-36-63(61)71;1-3-20-45(21-4-1)66(46-22-5-2-6-23-46)56-32-13-15-34-58(56)67(59-35-16-14-33-57(59)66)55-31-12-10-29-53(55)64-61-51(27-18-36-60(61)67)63(52-28-17-26-50-49-25-9-11-30-54(49)65-62(50)52)44-39-40-48-43(41-44)38-37-42-19-7-8-24-47(42)48/h1-45H;1-41H. The predicted octanol–water partition coefficient (Wildman–Crippen LogP) is 22.6. The van der Waals surface area contributed by atoms with Gasteiger partial charge in [0.25, 0.3) is 0 Å². The maximum absolute atomic E-state index is 7.54. The van der Waals surface area contributed by atoms with Crippen LogP contribution in [0.2, 0.25) is 0 Å². The van der Waals surface area contributed by atoms with Gasteiger partial charge in [-0.15, -0.1) is 11.3 Å². The lowest BCUT2D eigenvalue weighted by Crippen LogP contribution is -2.93. The van der Waals surface area contributed by atoms with E-state index in [9.17, 15) is 0 Å². The highest BCUT2D eigenvalue weighted by atomic mass is 32.1. The predicted molar refractivity (Wildman–Crippen MR) is 590 cm³/mol. The summed E-state index contributed by atoms with van der Waals surface area (Å²) in [5.74, 6) is 3.63. The first-order valence-corrected chi connectivity index (χ1v) is 56.3. The van der Waals surface area contributed by atoms with Crippen LogP contribution in [0.4, 0.5) is 34.1 Å². The molecule has 4 aliphatic heterocycles. The minimum absolute atomic E-state index is 0.837. The van der Waals surface area contributed by atoms with Crippen LogP contribution in [0, 0.1) is 0 Å². The van der Waals surface area contributed by atoms with Crippen molar-refractivity contribution in [2.75, 3.05) is 9.80 Å². The van der Waals surface area contributed by atoms with Crippen molar-refractivity contribution >= 4 is 224 Å². The van der Waals surface area contributed by atoms with Crippen LogP contribution in [0.15, 0.2) is 526 Å². The number of fused-ring (bicyclic) bond motifs is 25. The molecule has 0 aliphatic carbocycles. The second-order valence-corrected chi connectivity index (χ2v) is 52.3. The molecule has 5 nitrogen and oxygen atoms in total. The molecular weight excluding hydrogens is 1760 g/mol. The molecule has 0 saturated carbocycles. The highest BCUT2D eigenvalue weighted by Gasteiger charge is 2.62. The highest BCUT2D eigenvalue weighted by Crippen LogP contribution is 2.52. The van der Waals surface area contributed by atoms with Crippen molar-refractivity contribution in [1.29, 1.82) is 0 Å². The third-order valence-electron chi connectivity index (χ3n) is 29.7. The van der Waals surface area contributed by atoms with Crippen LogP contribution < -0.4 is 102 Å². The zero-order valence-corrected chi connectivity index (χ0v) is 80.0. The van der Waals surface area contributed by atoms with Crippen molar-refractivity contribution in [3.63, 3.8) is 0 Å². The van der Waals surface area contributed by atoms with Gasteiger partial charge < -0.3 is 23.7 Å². The Kier molecular flexibility index (Phi) is 19.2. The van der Waals surface area contributed by atoms with Crippen molar-refractivity contribution in [3.05, 3.63) is 522 Å². The zero-order valence-electron chi connectivity index (χ0n) is 75.2. The number of anilines is 6. The average molecular weight is 1840 g/mol. The molecule has 0 saturated heterocycles. The summed E-state index contributed by atoms with van der Waals surface area (Å²) in [4.78, 5) is 4.91. The number of ether oxygens (including phenoxy) is 2. The molecule has 2 spiro atoms. The van der Waals surface area contributed by atoms with Crippen LogP contribution in [0.5, 0.6) is 23.0 Å². The first-order valence-electron chi connectivity index (χ1n) is 47.5. The van der Waals surface area contributed by atoms with Gasteiger partial charge in [0.2, 0.25) is 0 Å². The van der Waals surface area contributed by atoms with E-state index in [1.54, 1.807) is 0 Å². The van der Waals surface area contributed by atoms with Crippen molar-refractivity contribution in [3.8, 4) is 45.3 Å². The maximum Gasteiger partial charge on any atom is 0.188 e. The SMILES string of the molecule is c1ccc(-c2ccc(-c3ccc(N(c4cccc5c4Oc4ccccc4[Si]54c5ccccc5[Si](c5ccccc5)(c5ccccc5)c5ccccc54)c4cccc5oc6ccccc6c45)cc3)cc2)cc1.c1ccc([Si]2(c3ccccc3)c3ccccc3[Si]3(c4ccccc4Oc4c(N(c5ccc6c(ccc7ccccc76)c5)c5cccc6c5sc5ccccc56)cccc43)c3ccccc32)cc1. The first kappa shape index (κ1) is 81.0. The Labute approximate surface area is 808 Å². The third kappa shape index (κ3) is 12.1. The van der Waals surface area contributed by atoms with Gasteiger partial charge >= 0.3 is 0 Å². The van der Waals surface area contributed by atoms with Crippen LogP contribution in [-0.4, -0.2) is 32.3 Å². The lowest BCUT2D eigenvalue weighted by Gasteiger charge is -2.50. The first-order chi connectivity index (χ1) is 68.5. The molecule has 6 heterocycles. The molecule has 28 rings (SSSR count). The average Bonchev–Trinajstić information content (AvgIpc) is 0.763. The smallest absolute Gasteiger partial charge is 0.188 e. The van der Waals surface area contributed by atoms with E-state index in [1.165, 1.54) is 136 Å². The molecule has 24 aromatic rings. The van der Waals surface area contributed by atoms with E-state index in [1.807, 2.05) is 17.4 Å². The monoisotopic (exact) mass is 1840 g/mol. The van der Waals surface area contributed by atoms with Gasteiger partial charge in [0.1, 0.15) is 22.7 Å². The van der Waals surface area contributed by atoms with Crippen LogP contribution in [0.25, 0.3) is 85.9 Å². The van der Waals surface area contributed by atoms with Gasteiger partial charge in [-0.05, 0) is 206 Å². The second-order valence-electron chi connectivity index (χ2n) is 36.5. The molecule has 2 aromatic heterocycles. The quantitative estimate of drug-likeness (QED) is 0.0900. The molecule has 0 N–H and O–H groups in total. The second kappa shape index (κ2) is 32.6. The summed E-state index contributed by atoms with van der Waals surface area (Å²) in [6.07, 6.45) is 0. The maximum atomic E-state index is 7.54. The highest BCUT2D eigenvalue weighted by molar-refractivity contribution is 7.34. The van der Waals surface area contributed by atoms with Crippen LogP contribution in [0.1, 0.15) is 0 Å². The van der Waals surface area contributed by atoms with Gasteiger partial charge in [-0.25, -0.2) is 0 Å². The summed E-state index contributed by atoms with van der Waals surface area (Å²) in [5.41, 5.74) is 12.7. The Hall–Kier alpha value is -16.6. The van der Waals surface area contributed by atoms with Gasteiger partial charge in [-0.3, -0.25) is 0 Å². The number of nitrogens with zero attached hydrogens (tertiary/aromatic N) is 2. The number of benzene rings is 22. The Morgan fingerprint density at radius 1 is 0.196 bits per heavy atom. The molecular formula is C128H86N2O3SSi4. The van der Waals surface area contributed by atoms with E-state index in [0.29, 0.717) is 0 Å². The third-order valence-corrected chi connectivity index (χ3v) is 51.5. The Bertz CT molecular complexity index is 8770. The number of hydrogen-bond donors (Lipinski definition) is 0. The molecule has 0 radical (unpaired) electrons. The molecule has 0 unspecified atom stereocenters. The molecule has 138 heavy (non-hydrogen) atoms. The Morgan fingerprint density at radius 3 is 1.04 bits per heavy atom. The minimum Gasteiger partial charge on any atom is -0.456 e. The Balaban J connectivity index is 0.000000139. The van der Waals surface area contributed by atoms with Crippen molar-refractivity contribution in [2.45, 2.75) is 0 Å². The van der Waals surface area contributed by atoms with E-state index in [4.69, 9.17) is 13.9 Å². The molecule has 22 aromatic carbocycles. The van der Waals surface area contributed by atoms with Crippen LogP contribution in [0.3, 0.4) is 0 Å². The lowest BCUT2D eigenvalue weighted by atomic mass is 10.00. The van der Waals surface area contributed by atoms with Crippen LogP contribution >= 0.6 is 11.3 Å². The summed E-state index contributed by atoms with van der Waals surface area (Å²) in [7, 11) is -12.1. The Morgan fingerprint density at radius 2 is 0.529 bits per heavy atom. The fraction of sp³-hybridized carbons (Fsp3) is 0. The largest absolute Gasteiger partial charge is 0.456 e. The van der Waals surface area contributed by atoms with E-state index >= 15 is 0 Å². The van der Waals surface area contributed by atoms with E-state index < -0.39 is 32.3 Å². The van der Waals surface area contributed by atoms with Gasteiger partial charge in [0, 0.05) is 32.2 Å². The normalized spacial score (nSPS) is 13.9. The molecule has 4 aliphatic rings. The van der Waals surface area contributed by atoms with Gasteiger partial charge in [0.05, 0.1) is 32.8 Å². The van der Waals surface area contributed by atoms with Crippen molar-refractivity contribution in [2.24, 2.45) is 0 Å². The lowest BCUT2D eigenvalue weighted by molar-refractivity contribution is 0.488. The molecule has 0 atom stereocenters. The summed E-state index contributed by atoms with van der Waals surface area (Å²) in [6.45, 7) is 0. The minimum atomic E-state index is -3.19. The number of thiophene rings is 1. The van der Waals surface area contributed by atoms with Crippen molar-refractivity contribution in [1.82, 2.24) is 0 Å². The van der Waals surface area contributed by atoms with Gasteiger partial charge in [-0.2, -0.15) is 0 Å². The number of rotatable bonds is 12.